The SMILES string of the molecule is COC(=O)c1ccc2c(CCCCN3CCCC(Cc4ccc(C#N)cc4)C3)c[nH]c2c1. The van der Waals surface area contributed by atoms with Gasteiger partial charge in [-0.25, -0.2) is 4.79 Å². The van der Waals surface area contributed by atoms with Crippen molar-refractivity contribution < 1.29 is 9.53 Å². The van der Waals surface area contributed by atoms with Gasteiger partial charge < -0.3 is 14.6 Å². The number of hydrogen-bond acceptors (Lipinski definition) is 4. The van der Waals surface area contributed by atoms with E-state index in [1.807, 2.05) is 30.3 Å². The fourth-order valence-corrected chi connectivity index (χ4v) is 4.86. The lowest BCUT2D eigenvalue weighted by atomic mass is 9.91. The number of fused-ring (bicyclic) bond motifs is 1. The van der Waals surface area contributed by atoms with Crippen molar-refractivity contribution in [3.8, 4) is 6.07 Å². The van der Waals surface area contributed by atoms with Gasteiger partial charge in [0.1, 0.15) is 0 Å². The largest absolute Gasteiger partial charge is 0.465 e. The molecule has 0 saturated carbocycles. The third-order valence-corrected chi connectivity index (χ3v) is 6.57. The Hall–Kier alpha value is -3.10. The zero-order chi connectivity index (χ0) is 22.3. The molecular formula is C27H31N3O2. The van der Waals surface area contributed by atoms with E-state index in [2.05, 4.69) is 34.3 Å². The third-order valence-electron chi connectivity index (χ3n) is 6.57. The van der Waals surface area contributed by atoms with E-state index in [0.717, 1.165) is 36.9 Å². The highest BCUT2D eigenvalue weighted by Crippen LogP contribution is 2.23. The summed E-state index contributed by atoms with van der Waals surface area (Å²) in [6.45, 7) is 3.52. The van der Waals surface area contributed by atoms with Crippen molar-refractivity contribution in [1.82, 2.24) is 9.88 Å². The maximum absolute atomic E-state index is 11.7. The summed E-state index contributed by atoms with van der Waals surface area (Å²) in [5, 5.41) is 10.2. The number of aryl methyl sites for hydroxylation is 1. The molecule has 0 spiro atoms. The zero-order valence-corrected chi connectivity index (χ0v) is 18.8. The molecule has 2 aromatic carbocycles. The van der Waals surface area contributed by atoms with E-state index in [1.54, 1.807) is 0 Å². The fourth-order valence-electron chi connectivity index (χ4n) is 4.86. The fraction of sp³-hybridized carbons (Fsp3) is 0.407. The second-order valence-corrected chi connectivity index (χ2v) is 8.84. The number of nitriles is 1. The van der Waals surface area contributed by atoms with Gasteiger partial charge in [-0.3, -0.25) is 0 Å². The summed E-state index contributed by atoms with van der Waals surface area (Å²) < 4.78 is 4.81. The first kappa shape index (κ1) is 22.1. The van der Waals surface area contributed by atoms with Crippen molar-refractivity contribution in [1.29, 1.82) is 5.26 Å². The maximum atomic E-state index is 11.7. The summed E-state index contributed by atoms with van der Waals surface area (Å²) in [7, 11) is 1.41. The topological polar surface area (TPSA) is 69.1 Å². The van der Waals surface area contributed by atoms with E-state index >= 15 is 0 Å². The number of methoxy groups -OCH3 is 1. The molecule has 0 bridgehead atoms. The minimum absolute atomic E-state index is 0.304. The number of rotatable bonds is 8. The van der Waals surface area contributed by atoms with Gasteiger partial charge in [0, 0.05) is 23.6 Å². The minimum atomic E-state index is -0.304. The number of likely N-dealkylation sites (tertiary alicyclic amines) is 1. The molecule has 1 saturated heterocycles. The van der Waals surface area contributed by atoms with Crippen molar-refractivity contribution in [2.75, 3.05) is 26.7 Å². The maximum Gasteiger partial charge on any atom is 0.337 e. The Kier molecular flexibility index (Phi) is 7.24. The van der Waals surface area contributed by atoms with E-state index in [-0.39, 0.29) is 5.97 Å². The normalized spacial score (nSPS) is 16.7. The molecule has 1 aromatic heterocycles. The molecule has 1 fully saturated rings. The monoisotopic (exact) mass is 429 g/mol. The number of unbranched alkanes of at least 4 members (excludes halogenated alkanes) is 1. The lowest BCUT2D eigenvalue weighted by molar-refractivity contribution is 0.0601. The van der Waals surface area contributed by atoms with Crippen LogP contribution in [0.1, 0.15) is 52.7 Å². The molecule has 4 rings (SSSR count). The second kappa shape index (κ2) is 10.5. The number of carbonyl (C=O) groups is 1. The summed E-state index contributed by atoms with van der Waals surface area (Å²) in [6.07, 6.45) is 9.12. The first-order chi connectivity index (χ1) is 15.7. The van der Waals surface area contributed by atoms with Crippen LogP contribution in [0, 0.1) is 17.2 Å². The Bertz CT molecular complexity index is 1090. The number of carbonyl (C=O) groups excluding carboxylic acids is 1. The van der Waals surface area contributed by atoms with E-state index in [0.29, 0.717) is 11.5 Å². The van der Waals surface area contributed by atoms with Gasteiger partial charge in [0.15, 0.2) is 0 Å². The Morgan fingerprint density at radius 1 is 1.22 bits per heavy atom. The Morgan fingerprint density at radius 2 is 2.06 bits per heavy atom. The predicted molar refractivity (Wildman–Crippen MR) is 127 cm³/mol. The summed E-state index contributed by atoms with van der Waals surface area (Å²) in [5.74, 6) is 0.399. The molecule has 0 amide bonds. The molecule has 1 aliphatic rings. The smallest absolute Gasteiger partial charge is 0.337 e. The number of aromatic amines is 1. The highest BCUT2D eigenvalue weighted by molar-refractivity contribution is 5.95. The van der Waals surface area contributed by atoms with Gasteiger partial charge >= 0.3 is 5.97 Å². The van der Waals surface area contributed by atoms with Crippen molar-refractivity contribution in [3.05, 3.63) is 70.9 Å². The third kappa shape index (κ3) is 5.38. The highest BCUT2D eigenvalue weighted by Gasteiger charge is 2.20. The Morgan fingerprint density at radius 3 is 2.84 bits per heavy atom. The molecule has 1 aliphatic heterocycles. The summed E-state index contributed by atoms with van der Waals surface area (Å²) in [4.78, 5) is 17.6. The molecule has 166 valence electrons. The molecule has 5 nitrogen and oxygen atoms in total. The molecule has 0 aliphatic carbocycles. The van der Waals surface area contributed by atoms with Crippen LogP contribution in [0.15, 0.2) is 48.7 Å². The van der Waals surface area contributed by atoms with Crippen molar-refractivity contribution in [2.45, 2.75) is 38.5 Å². The van der Waals surface area contributed by atoms with Crippen LogP contribution in [0.2, 0.25) is 0 Å². The lowest BCUT2D eigenvalue weighted by Crippen LogP contribution is -2.36. The number of esters is 1. The summed E-state index contributed by atoms with van der Waals surface area (Å²) >= 11 is 0. The number of piperidine rings is 1. The van der Waals surface area contributed by atoms with E-state index in [9.17, 15) is 4.79 Å². The lowest BCUT2D eigenvalue weighted by Gasteiger charge is -2.32. The number of nitrogens with one attached hydrogen (secondary N) is 1. The minimum Gasteiger partial charge on any atom is -0.465 e. The number of ether oxygens (including phenoxy) is 1. The second-order valence-electron chi connectivity index (χ2n) is 8.84. The zero-order valence-electron chi connectivity index (χ0n) is 18.8. The van der Waals surface area contributed by atoms with Gasteiger partial charge in [-0.2, -0.15) is 5.26 Å². The van der Waals surface area contributed by atoms with Crippen LogP contribution in [0.4, 0.5) is 0 Å². The first-order valence-corrected chi connectivity index (χ1v) is 11.6. The standard InChI is InChI=1S/C27H31N3O2/c1-32-27(31)23-11-12-25-24(18-29-26(25)16-23)6-2-3-13-30-14-4-5-22(19-30)15-20-7-9-21(17-28)10-8-20/h7-12,16,18,22,29H,2-6,13-15,19H2,1H3. The van der Waals surface area contributed by atoms with Gasteiger partial charge in [-0.05, 0) is 92.9 Å². The van der Waals surface area contributed by atoms with Gasteiger partial charge in [-0.15, -0.1) is 0 Å². The highest BCUT2D eigenvalue weighted by atomic mass is 16.5. The van der Waals surface area contributed by atoms with E-state index in [4.69, 9.17) is 10.00 Å². The number of nitrogens with zero attached hydrogens (tertiary/aromatic N) is 2. The van der Waals surface area contributed by atoms with E-state index < -0.39 is 0 Å². The predicted octanol–water partition coefficient (Wildman–Crippen LogP) is 5.10. The number of H-pyrrole nitrogens is 1. The molecule has 1 unspecified atom stereocenters. The van der Waals surface area contributed by atoms with Crippen molar-refractivity contribution in [3.63, 3.8) is 0 Å². The molecule has 2 heterocycles. The van der Waals surface area contributed by atoms with Crippen LogP contribution in [-0.4, -0.2) is 42.6 Å². The van der Waals surface area contributed by atoms with Gasteiger partial charge in [0.25, 0.3) is 0 Å². The van der Waals surface area contributed by atoms with Crippen molar-refractivity contribution in [2.24, 2.45) is 5.92 Å². The number of benzene rings is 2. The van der Waals surface area contributed by atoms with Crippen LogP contribution in [0.5, 0.6) is 0 Å². The van der Waals surface area contributed by atoms with Gasteiger partial charge in [-0.1, -0.05) is 18.2 Å². The average Bonchev–Trinajstić information content (AvgIpc) is 3.24. The number of hydrogen-bond donors (Lipinski definition) is 1. The molecular weight excluding hydrogens is 398 g/mol. The Balaban J connectivity index is 1.24. The van der Waals surface area contributed by atoms with Crippen LogP contribution < -0.4 is 0 Å². The average molecular weight is 430 g/mol. The molecule has 1 atom stereocenters. The Labute approximate surface area is 190 Å². The van der Waals surface area contributed by atoms with Gasteiger partial charge in [0.2, 0.25) is 0 Å². The first-order valence-electron chi connectivity index (χ1n) is 11.6. The van der Waals surface area contributed by atoms with E-state index in [1.165, 1.54) is 56.0 Å². The molecule has 1 N–H and O–H groups in total. The molecule has 5 heteroatoms. The molecule has 3 aromatic rings. The van der Waals surface area contributed by atoms with Crippen LogP contribution >= 0.6 is 0 Å². The van der Waals surface area contributed by atoms with Crippen molar-refractivity contribution >= 4 is 16.9 Å². The summed E-state index contributed by atoms with van der Waals surface area (Å²) in [5.41, 5.74) is 4.95. The van der Waals surface area contributed by atoms with Crippen LogP contribution in [-0.2, 0) is 17.6 Å². The van der Waals surface area contributed by atoms with Crippen LogP contribution in [0.25, 0.3) is 10.9 Å². The van der Waals surface area contributed by atoms with Gasteiger partial charge in [0.05, 0.1) is 24.3 Å². The molecule has 32 heavy (non-hydrogen) atoms. The van der Waals surface area contributed by atoms with Crippen LogP contribution in [0.3, 0.4) is 0 Å². The quantitative estimate of drug-likeness (QED) is 0.399. The number of aromatic nitrogens is 1. The summed E-state index contributed by atoms with van der Waals surface area (Å²) in [6, 6.07) is 16.0. The molecule has 0 radical (unpaired) electrons.